The molecule has 0 radical (unpaired) electrons. The Labute approximate surface area is 135 Å². The zero-order valence-corrected chi connectivity index (χ0v) is 13.8. The molecule has 22 heavy (non-hydrogen) atoms. The van der Waals surface area contributed by atoms with Crippen LogP contribution in [0.5, 0.6) is 0 Å². The number of hydrogen-bond donors (Lipinski definition) is 0. The first-order valence-corrected chi connectivity index (χ1v) is 8.72. The molecular weight excluding hydrogens is 300 g/mol. The average Bonchev–Trinajstić information content (AvgIpc) is 3.16. The Morgan fingerprint density at radius 3 is 2.59 bits per heavy atom. The molecule has 2 saturated carbocycles. The van der Waals surface area contributed by atoms with E-state index in [2.05, 4.69) is 14.9 Å². The van der Waals surface area contributed by atoms with Gasteiger partial charge in [0.25, 0.3) is 5.56 Å². The zero-order valence-electron chi connectivity index (χ0n) is 13.0. The summed E-state index contributed by atoms with van der Waals surface area (Å²) in [6.07, 6.45) is 7.46. The number of piperazine rings is 1. The number of fused-ring (bicyclic) bond motifs is 2. The molecule has 3 unspecified atom stereocenters. The molecule has 2 bridgehead atoms. The monoisotopic (exact) mass is 322 g/mol. The van der Waals surface area contributed by atoms with Crippen LogP contribution in [0, 0.1) is 11.8 Å². The van der Waals surface area contributed by atoms with Crippen molar-refractivity contribution in [3.05, 3.63) is 21.6 Å². The average molecular weight is 323 g/mol. The topological polar surface area (TPSA) is 41.4 Å². The van der Waals surface area contributed by atoms with Crippen LogP contribution in [0.3, 0.4) is 0 Å². The predicted octanol–water partition coefficient (Wildman–Crippen LogP) is 1.74. The second-order valence-electron chi connectivity index (χ2n) is 7.04. The van der Waals surface area contributed by atoms with E-state index in [0.717, 1.165) is 49.7 Å². The van der Waals surface area contributed by atoms with Crippen molar-refractivity contribution in [1.29, 1.82) is 0 Å². The van der Waals surface area contributed by atoms with E-state index >= 15 is 0 Å². The van der Waals surface area contributed by atoms with Crippen molar-refractivity contribution in [2.24, 2.45) is 18.9 Å². The zero-order chi connectivity index (χ0) is 15.3. The molecule has 0 N–H and O–H groups in total. The molecule has 4 rings (SSSR count). The van der Waals surface area contributed by atoms with Crippen LogP contribution in [0.15, 0.2) is 11.0 Å². The maximum absolute atomic E-state index is 11.9. The molecule has 5 nitrogen and oxygen atoms in total. The maximum Gasteiger partial charge on any atom is 0.287 e. The highest BCUT2D eigenvalue weighted by atomic mass is 35.5. The molecule has 3 fully saturated rings. The van der Waals surface area contributed by atoms with Gasteiger partial charge in [-0.05, 0) is 31.1 Å². The summed E-state index contributed by atoms with van der Waals surface area (Å²) in [5, 5.41) is 4.40. The van der Waals surface area contributed by atoms with E-state index in [1.165, 1.54) is 30.4 Å². The van der Waals surface area contributed by atoms with E-state index in [4.69, 9.17) is 11.6 Å². The summed E-state index contributed by atoms with van der Waals surface area (Å²) in [7, 11) is 1.63. The van der Waals surface area contributed by atoms with E-state index in [1.807, 2.05) is 0 Å². The van der Waals surface area contributed by atoms with E-state index in [-0.39, 0.29) is 5.56 Å². The van der Waals surface area contributed by atoms with Crippen LogP contribution in [-0.2, 0) is 7.05 Å². The Bertz CT molecular complexity index is 623. The van der Waals surface area contributed by atoms with E-state index < -0.39 is 0 Å². The molecule has 2 aliphatic carbocycles. The van der Waals surface area contributed by atoms with Crippen molar-refractivity contribution in [3.8, 4) is 0 Å². The quantitative estimate of drug-likeness (QED) is 0.832. The third-order valence-corrected chi connectivity index (χ3v) is 6.24. The standard InChI is InChI=1S/C16H23ClN4O/c1-19-16(22)15(17)14(10-18-19)21-6-4-20(5-7-21)13-9-11-2-3-12(13)8-11/h10-13H,2-9H2,1H3. The Balaban J connectivity index is 1.44. The van der Waals surface area contributed by atoms with Gasteiger partial charge in [0, 0.05) is 39.3 Å². The van der Waals surface area contributed by atoms with E-state index in [1.54, 1.807) is 13.2 Å². The highest BCUT2D eigenvalue weighted by Crippen LogP contribution is 2.46. The highest BCUT2D eigenvalue weighted by molar-refractivity contribution is 6.33. The summed E-state index contributed by atoms with van der Waals surface area (Å²) in [4.78, 5) is 16.8. The van der Waals surface area contributed by atoms with Gasteiger partial charge in [-0.25, -0.2) is 4.68 Å². The van der Waals surface area contributed by atoms with Gasteiger partial charge in [0.1, 0.15) is 5.02 Å². The van der Waals surface area contributed by atoms with Crippen LogP contribution < -0.4 is 10.5 Å². The molecule has 1 saturated heterocycles. The lowest BCUT2D eigenvalue weighted by atomic mass is 9.93. The lowest BCUT2D eigenvalue weighted by Crippen LogP contribution is -2.52. The minimum Gasteiger partial charge on any atom is -0.366 e. The lowest BCUT2D eigenvalue weighted by molar-refractivity contribution is 0.135. The summed E-state index contributed by atoms with van der Waals surface area (Å²) >= 11 is 6.22. The van der Waals surface area contributed by atoms with E-state index in [9.17, 15) is 4.79 Å². The van der Waals surface area contributed by atoms with Gasteiger partial charge in [0.2, 0.25) is 0 Å². The maximum atomic E-state index is 11.9. The van der Waals surface area contributed by atoms with Crippen LogP contribution in [0.4, 0.5) is 5.69 Å². The Hall–Kier alpha value is -1.07. The normalized spacial score (nSPS) is 31.9. The Kier molecular flexibility index (Phi) is 3.65. The molecule has 1 aromatic heterocycles. The van der Waals surface area contributed by atoms with E-state index in [0.29, 0.717) is 5.02 Å². The molecular formula is C16H23ClN4O. The second kappa shape index (κ2) is 5.53. The van der Waals surface area contributed by atoms with Crippen LogP contribution >= 0.6 is 11.6 Å². The number of aromatic nitrogens is 2. The second-order valence-corrected chi connectivity index (χ2v) is 7.42. The summed E-state index contributed by atoms with van der Waals surface area (Å²) in [6.45, 7) is 4.00. The Morgan fingerprint density at radius 2 is 1.95 bits per heavy atom. The first-order valence-electron chi connectivity index (χ1n) is 8.34. The number of aryl methyl sites for hydroxylation is 1. The van der Waals surface area contributed by atoms with Crippen molar-refractivity contribution in [3.63, 3.8) is 0 Å². The predicted molar refractivity (Wildman–Crippen MR) is 87.5 cm³/mol. The summed E-state index contributed by atoms with van der Waals surface area (Å²) in [6, 6.07) is 0.804. The SMILES string of the molecule is Cn1ncc(N2CCN(C3CC4CCC3C4)CC2)c(Cl)c1=O. The fraction of sp³-hybridized carbons (Fsp3) is 0.750. The number of halogens is 1. The van der Waals surface area contributed by atoms with Crippen LogP contribution in [0.25, 0.3) is 0 Å². The fourth-order valence-corrected chi connectivity index (χ4v) is 4.97. The number of nitrogens with zero attached hydrogens (tertiary/aromatic N) is 4. The smallest absolute Gasteiger partial charge is 0.287 e. The van der Waals surface area contributed by atoms with Gasteiger partial charge in [-0.2, -0.15) is 5.10 Å². The van der Waals surface area contributed by atoms with Gasteiger partial charge >= 0.3 is 0 Å². The summed E-state index contributed by atoms with van der Waals surface area (Å²) < 4.78 is 1.29. The molecule has 6 heteroatoms. The van der Waals surface area contributed by atoms with Gasteiger partial charge in [-0.15, -0.1) is 0 Å². The highest BCUT2D eigenvalue weighted by Gasteiger charge is 2.42. The molecule has 2 heterocycles. The molecule has 1 aliphatic heterocycles. The summed E-state index contributed by atoms with van der Waals surface area (Å²) in [5.41, 5.74) is 0.576. The minimum atomic E-state index is -0.213. The van der Waals surface area contributed by atoms with Crippen molar-refractivity contribution in [2.75, 3.05) is 31.1 Å². The largest absolute Gasteiger partial charge is 0.366 e. The summed E-state index contributed by atoms with van der Waals surface area (Å²) in [5.74, 6) is 1.93. The van der Waals surface area contributed by atoms with Crippen LogP contribution in [-0.4, -0.2) is 46.9 Å². The van der Waals surface area contributed by atoms with Crippen molar-refractivity contribution in [1.82, 2.24) is 14.7 Å². The van der Waals surface area contributed by atoms with Gasteiger partial charge in [0.05, 0.1) is 11.9 Å². The molecule has 3 atom stereocenters. The van der Waals surface area contributed by atoms with Gasteiger partial charge < -0.3 is 4.90 Å². The van der Waals surface area contributed by atoms with Crippen LogP contribution in [0.1, 0.15) is 25.7 Å². The molecule has 1 aromatic rings. The third-order valence-electron chi connectivity index (χ3n) is 5.88. The third kappa shape index (κ3) is 2.35. The minimum absolute atomic E-state index is 0.213. The molecule has 120 valence electrons. The number of hydrogen-bond acceptors (Lipinski definition) is 4. The van der Waals surface area contributed by atoms with Crippen molar-refractivity contribution in [2.45, 2.75) is 31.7 Å². The first-order chi connectivity index (χ1) is 10.6. The van der Waals surface area contributed by atoms with Gasteiger partial charge in [-0.3, -0.25) is 9.69 Å². The molecule has 0 amide bonds. The van der Waals surface area contributed by atoms with Gasteiger partial charge in [-0.1, -0.05) is 18.0 Å². The lowest BCUT2D eigenvalue weighted by Gasteiger charge is -2.41. The molecule has 0 spiro atoms. The van der Waals surface area contributed by atoms with Crippen molar-refractivity contribution >= 4 is 17.3 Å². The van der Waals surface area contributed by atoms with Crippen LogP contribution in [0.2, 0.25) is 5.02 Å². The molecule has 3 aliphatic rings. The Morgan fingerprint density at radius 1 is 1.18 bits per heavy atom. The number of rotatable bonds is 2. The fourth-order valence-electron chi connectivity index (χ4n) is 4.68. The first kappa shape index (κ1) is 14.5. The van der Waals surface area contributed by atoms with Crippen molar-refractivity contribution < 1.29 is 0 Å². The molecule has 0 aromatic carbocycles. The van der Waals surface area contributed by atoms with Gasteiger partial charge in [0.15, 0.2) is 0 Å². The number of anilines is 1.